The standard InChI is InChI=1S/C20H19FN4O6S/c1-20(2,18(27)30-3)32(28,29)13-10-8-12(9-11-13)22-16(26)17-24-25-19(31-17)23-15-7-5-4-6-14(15)21/h4-11H,1-3H3,(H,22,26)(H,23,25). The van der Waals surface area contributed by atoms with Gasteiger partial charge in [0.25, 0.3) is 0 Å². The van der Waals surface area contributed by atoms with E-state index in [1.807, 2.05) is 0 Å². The van der Waals surface area contributed by atoms with E-state index in [0.717, 1.165) is 7.11 Å². The number of sulfone groups is 1. The monoisotopic (exact) mass is 462 g/mol. The van der Waals surface area contributed by atoms with Crippen LogP contribution in [0.3, 0.4) is 0 Å². The number of nitrogens with one attached hydrogen (secondary N) is 2. The van der Waals surface area contributed by atoms with Crippen LogP contribution in [0.1, 0.15) is 24.5 Å². The Kier molecular flexibility index (Phi) is 6.25. The van der Waals surface area contributed by atoms with E-state index in [-0.39, 0.29) is 22.3 Å². The minimum atomic E-state index is -4.04. The summed E-state index contributed by atoms with van der Waals surface area (Å²) < 4.78 is 47.1. The zero-order valence-corrected chi connectivity index (χ0v) is 18.1. The first-order chi connectivity index (χ1) is 15.1. The van der Waals surface area contributed by atoms with Crippen LogP contribution in [0.5, 0.6) is 0 Å². The minimum Gasteiger partial charge on any atom is -0.468 e. The summed E-state index contributed by atoms with van der Waals surface area (Å²) in [6.45, 7) is 2.48. The average Bonchev–Trinajstić information content (AvgIpc) is 3.23. The SMILES string of the molecule is COC(=O)C(C)(C)S(=O)(=O)c1ccc(NC(=O)c2nnc(Nc3ccccc3F)o2)cc1. The molecule has 0 aliphatic heterocycles. The predicted octanol–water partition coefficient (Wildman–Crippen LogP) is 2.93. The number of anilines is 3. The summed E-state index contributed by atoms with van der Waals surface area (Å²) in [5.74, 6) is -2.59. The number of nitrogens with zero attached hydrogens (tertiary/aromatic N) is 2. The number of carbonyl (C=O) groups is 2. The number of rotatable bonds is 7. The number of benzene rings is 2. The summed E-state index contributed by atoms with van der Waals surface area (Å²) in [7, 11) is -2.94. The molecule has 32 heavy (non-hydrogen) atoms. The highest BCUT2D eigenvalue weighted by Gasteiger charge is 2.43. The lowest BCUT2D eigenvalue weighted by Crippen LogP contribution is -2.41. The molecular formula is C20H19FN4O6S. The highest BCUT2D eigenvalue weighted by Crippen LogP contribution is 2.27. The molecule has 0 spiro atoms. The Balaban J connectivity index is 1.71. The van der Waals surface area contributed by atoms with Crippen molar-refractivity contribution in [1.82, 2.24) is 10.2 Å². The zero-order chi connectivity index (χ0) is 23.5. The summed E-state index contributed by atoms with van der Waals surface area (Å²) in [6.07, 6.45) is 0. The van der Waals surface area contributed by atoms with Gasteiger partial charge in [-0.15, -0.1) is 5.10 Å². The van der Waals surface area contributed by atoms with Gasteiger partial charge in [0.15, 0.2) is 14.6 Å². The van der Waals surface area contributed by atoms with Gasteiger partial charge in [-0.25, -0.2) is 12.8 Å². The van der Waals surface area contributed by atoms with Gasteiger partial charge in [0.2, 0.25) is 0 Å². The highest BCUT2D eigenvalue weighted by atomic mass is 32.2. The fraction of sp³-hybridized carbons (Fsp3) is 0.200. The molecule has 0 aliphatic carbocycles. The van der Waals surface area contributed by atoms with E-state index in [1.54, 1.807) is 6.07 Å². The lowest BCUT2D eigenvalue weighted by atomic mass is 10.2. The van der Waals surface area contributed by atoms with Crippen LogP contribution in [0, 0.1) is 5.82 Å². The minimum absolute atomic E-state index is 0.0924. The van der Waals surface area contributed by atoms with Crippen LogP contribution in [0.4, 0.5) is 21.8 Å². The van der Waals surface area contributed by atoms with Crippen molar-refractivity contribution in [1.29, 1.82) is 0 Å². The number of halogens is 1. The van der Waals surface area contributed by atoms with Gasteiger partial charge in [-0.3, -0.25) is 9.59 Å². The molecule has 3 aromatic rings. The van der Waals surface area contributed by atoms with Crippen molar-refractivity contribution in [2.45, 2.75) is 23.5 Å². The van der Waals surface area contributed by atoms with Crippen molar-refractivity contribution in [3.63, 3.8) is 0 Å². The molecule has 2 aromatic carbocycles. The molecule has 10 nitrogen and oxygen atoms in total. The van der Waals surface area contributed by atoms with E-state index in [0.29, 0.717) is 0 Å². The second kappa shape index (κ2) is 8.75. The second-order valence-electron chi connectivity index (χ2n) is 7.00. The van der Waals surface area contributed by atoms with Gasteiger partial charge in [0.1, 0.15) is 5.82 Å². The van der Waals surface area contributed by atoms with E-state index < -0.39 is 38.2 Å². The maximum absolute atomic E-state index is 13.7. The molecule has 0 saturated carbocycles. The highest BCUT2D eigenvalue weighted by molar-refractivity contribution is 7.93. The van der Waals surface area contributed by atoms with E-state index in [1.165, 1.54) is 56.3 Å². The molecule has 3 rings (SSSR count). The number of ether oxygens (including phenoxy) is 1. The molecule has 0 bridgehead atoms. The third-order valence-electron chi connectivity index (χ3n) is 4.51. The van der Waals surface area contributed by atoms with Crippen LogP contribution in [-0.2, 0) is 19.4 Å². The summed E-state index contributed by atoms with van der Waals surface area (Å²) in [5.41, 5.74) is 0.335. The first-order valence-corrected chi connectivity index (χ1v) is 10.6. The van der Waals surface area contributed by atoms with Gasteiger partial charge < -0.3 is 19.8 Å². The van der Waals surface area contributed by atoms with Crippen LogP contribution in [0.15, 0.2) is 57.8 Å². The molecule has 2 N–H and O–H groups in total. The van der Waals surface area contributed by atoms with Crippen molar-refractivity contribution >= 4 is 39.1 Å². The Bertz CT molecular complexity index is 1260. The molecule has 0 radical (unpaired) electrons. The number of esters is 1. The summed E-state index contributed by atoms with van der Waals surface area (Å²) in [6, 6.07) is 10.8. The van der Waals surface area contributed by atoms with E-state index in [4.69, 9.17) is 4.42 Å². The zero-order valence-electron chi connectivity index (χ0n) is 17.2. The van der Waals surface area contributed by atoms with Gasteiger partial charge in [-0.1, -0.05) is 17.2 Å². The fourth-order valence-electron chi connectivity index (χ4n) is 2.60. The lowest BCUT2D eigenvalue weighted by Gasteiger charge is -2.21. The maximum Gasteiger partial charge on any atom is 0.327 e. The Morgan fingerprint density at radius 2 is 1.72 bits per heavy atom. The molecule has 0 fully saturated rings. The second-order valence-corrected chi connectivity index (χ2v) is 9.50. The number of aromatic nitrogens is 2. The van der Waals surface area contributed by atoms with Crippen molar-refractivity contribution < 1.29 is 31.6 Å². The Hall–Kier alpha value is -3.80. The number of amides is 1. The third kappa shape index (κ3) is 4.44. The molecule has 168 valence electrons. The predicted molar refractivity (Wildman–Crippen MR) is 112 cm³/mol. The van der Waals surface area contributed by atoms with Crippen molar-refractivity contribution in [3.8, 4) is 0 Å². The smallest absolute Gasteiger partial charge is 0.327 e. The number of carbonyl (C=O) groups excluding carboxylic acids is 2. The molecule has 0 unspecified atom stereocenters. The maximum atomic E-state index is 13.7. The molecule has 12 heteroatoms. The topological polar surface area (TPSA) is 140 Å². The number of para-hydroxylation sites is 1. The largest absolute Gasteiger partial charge is 0.468 e. The number of hydrogen-bond acceptors (Lipinski definition) is 9. The molecular weight excluding hydrogens is 443 g/mol. The van der Waals surface area contributed by atoms with Crippen LogP contribution in [0.25, 0.3) is 0 Å². The Labute approximate surface area is 182 Å². The first-order valence-electron chi connectivity index (χ1n) is 9.16. The van der Waals surface area contributed by atoms with Crippen LogP contribution < -0.4 is 10.6 Å². The van der Waals surface area contributed by atoms with Crippen LogP contribution >= 0.6 is 0 Å². The number of methoxy groups -OCH3 is 1. The first kappa shape index (κ1) is 22.9. The van der Waals surface area contributed by atoms with Crippen molar-refractivity contribution in [2.75, 3.05) is 17.7 Å². The van der Waals surface area contributed by atoms with E-state index in [9.17, 15) is 22.4 Å². The van der Waals surface area contributed by atoms with Gasteiger partial charge >= 0.3 is 23.8 Å². The van der Waals surface area contributed by atoms with E-state index >= 15 is 0 Å². The molecule has 0 aliphatic rings. The summed E-state index contributed by atoms with van der Waals surface area (Å²) >= 11 is 0. The van der Waals surface area contributed by atoms with Gasteiger partial charge in [-0.05, 0) is 50.2 Å². The average molecular weight is 462 g/mol. The Morgan fingerprint density at radius 1 is 1.06 bits per heavy atom. The molecule has 0 saturated heterocycles. The molecule has 1 aromatic heterocycles. The van der Waals surface area contributed by atoms with Crippen LogP contribution in [0.2, 0.25) is 0 Å². The summed E-state index contributed by atoms with van der Waals surface area (Å²) in [5, 5.41) is 12.3. The molecule has 1 amide bonds. The third-order valence-corrected chi connectivity index (χ3v) is 6.91. The van der Waals surface area contributed by atoms with Crippen molar-refractivity contribution in [2.24, 2.45) is 0 Å². The van der Waals surface area contributed by atoms with Gasteiger partial charge in [0, 0.05) is 5.69 Å². The normalized spacial score (nSPS) is 11.6. The lowest BCUT2D eigenvalue weighted by molar-refractivity contribution is -0.142. The summed E-state index contributed by atoms with van der Waals surface area (Å²) in [4.78, 5) is 24.1. The Morgan fingerprint density at radius 3 is 2.34 bits per heavy atom. The van der Waals surface area contributed by atoms with Crippen LogP contribution in [-0.4, -0.2) is 42.3 Å². The van der Waals surface area contributed by atoms with Crippen molar-refractivity contribution in [3.05, 3.63) is 60.2 Å². The fourth-order valence-corrected chi connectivity index (χ4v) is 3.98. The molecule has 0 atom stereocenters. The van der Waals surface area contributed by atoms with Gasteiger partial charge in [-0.2, -0.15) is 0 Å². The quantitative estimate of drug-likeness (QED) is 0.507. The van der Waals surface area contributed by atoms with Gasteiger partial charge in [0.05, 0.1) is 17.7 Å². The molecule has 1 heterocycles. The van der Waals surface area contributed by atoms with E-state index in [2.05, 4.69) is 25.6 Å². The number of hydrogen-bond donors (Lipinski definition) is 2.